The number of ether oxygens (including phenoxy) is 1. The van der Waals surface area contributed by atoms with Gasteiger partial charge in [-0.1, -0.05) is 13.8 Å². The number of aryl methyl sites for hydroxylation is 1. The van der Waals surface area contributed by atoms with Crippen LogP contribution in [0.4, 0.5) is 0 Å². The molecule has 18 heavy (non-hydrogen) atoms. The quantitative estimate of drug-likeness (QED) is 0.721. The lowest BCUT2D eigenvalue weighted by atomic mass is 10.1. The highest BCUT2D eigenvalue weighted by atomic mass is 16.5. The molecule has 1 unspecified atom stereocenters. The molecule has 1 heterocycles. The Morgan fingerprint density at radius 3 is 2.83 bits per heavy atom. The SMILES string of the molecule is CCCn1cc(C(CN)N(CC)CCOC)cn1. The maximum Gasteiger partial charge on any atom is 0.0589 e. The van der Waals surface area contributed by atoms with Gasteiger partial charge in [-0.15, -0.1) is 0 Å². The minimum Gasteiger partial charge on any atom is -0.383 e. The summed E-state index contributed by atoms with van der Waals surface area (Å²) < 4.78 is 7.13. The van der Waals surface area contributed by atoms with Crippen molar-refractivity contribution < 1.29 is 4.74 Å². The molecule has 104 valence electrons. The number of aromatic nitrogens is 2. The first-order chi connectivity index (χ1) is 8.76. The predicted octanol–water partition coefficient (Wildman–Crippen LogP) is 1.26. The van der Waals surface area contributed by atoms with Crippen molar-refractivity contribution in [1.29, 1.82) is 0 Å². The molecular formula is C13H26N4O. The van der Waals surface area contributed by atoms with E-state index < -0.39 is 0 Å². The lowest BCUT2D eigenvalue weighted by Crippen LogP contribution is -2.35. The van der Waals surface area contributed by atoms with Crippen LogP contribution in [0.15, 0.2) is 12.4 Å². The van der Waals surface area contributed by atoms with Gasteiger partial charge in [-0.3, -0.25) is 9.58 Å². The van der Waals surface area contributed by atoms with Crippen LogP contribution in [0.25, 0.3) is 0 Å². The molecule has 1 atom stereocenters. The molecule has 0 aliphatic rings. The highest BCUT2D eigenvalue weighted by Crippen LogP contribution is 2.18. The van der Waals surface area contributed by atoms with E-state index in [-0.39, 0.29) is 6.04 Å². The van der Waals surface area contributed by atoms with Crippen LogP contribution in [0, 0.1) is 0 Å². The number of nitrogens with two attached hydrogens (primary N) is 1. The van der Waals surface area contributed by atoms with Crippen molar-refractivity contribution in [3.8, 4) is 0 Å². The summed E-state index contributed by atoms with van der Waals surface area (Å²) >= 11 is 0. The van der Waals surface area contributed by atoms with Gasteiger partial charge in [0.05, 0.1) is 18.8 Å². The van der Waals surface area contributed by atoms with Crippen LogP contribution in [-0.2, 0) is 11.3 Å². The molecule has 0 radical (unpaired) electrons. The maximum absolute atomic E-state index is 5.92. The van der Waals surface area contributed by atoms with Crippen LogP contribution in [0.5, 0.6) is 0 Å². The van der Waals surface area contributed by atoms with Crippen molar-refractivity contribution in [2.45, 2.75) is 32.9 Å². The van der Waals surface area contributed by atoms with Gasteiger partial charge in [0.1, 0.15) is 0 Å². The number of hydrogen-bond donors (Lipinski definition) is 1. The van der Waals surface area contributed by atoms with Gasteiger partial charge in [-0.25, -0.2) is 0 Å². The lowest BCUT2D eigenvalue weighted by Gasteiger charge is -2.28. The molecule has 5 nitrogen and oxygen atoms in total. The number of rotatable bonds is 9. The Kier molecular flexibility index (Phi) is 6.93. The van der Waals surface area contributed by atoms with Crippen molar-refractivity contribution in [2.24, 2.45) is 5.73 Å². The van der Waals surface area contributed by atoms with Crippen molar-refractivity contribution in [3.63, 3.8) is 0 Å². The number of nitrogens with zero attached hydrogens (tertiary/aromatic N) is 3. The normalized spacial score (nSPS) is 13.2. The molecule has 0 amide bonds. The summed E-state index contributed by atoms with van der Waals surface area (Å²) in [4.78, 5) is 2.33. The molecule has 0 saturated heterocycles. The molecular weight excluding hydrogens is 228 g/mol. The summed E-state index contributed by atoms with van der Waals surface area (Å²) in [5.41, 5.74) is 7.11. The van der Waals surface area contributed by atoms with Crippen LogP contribution in [0.2, 0.25) is 0 Å². The Labute approximate surface area is 110 Å². The first-order valence-corrected chi connectivity index (χ1v) is 6.72. The minimum atomic E-state index is 0.232. The van der Waals surface area contributed by atoms with Crippen molar-refractivity contribution in [2.75, 3.05) is 33.4 Å². The van der Waals surface area contributed by atoms with Gasteiger partial charge in [-0.05, 0) is 13.0 Å². The molecule has 2 N–H and O–H groups in total. The van der Waals surface area contributed by atoms with E-state index in [0.717, 1.165) is 32.7 Å². The number of hydrogen-bond acceptors (Lipinski definition) is 4. The van der Waals surface area contributed by atoms with Crippen LogP contribution in [-0.4, -0.2) is 48.0 Å². The first-order valence-electron chi connectivity index (χ1n) is 6.72. The fourth-order valence-corrected chi connectivity index (χ4v) is 2.14. The van der Waals surface area contributed by atoms with Crippen LogP contribution < -0.4 is 5.73 Å². The second-order valence-electron chi connectivity index (χ2n) is 4.41. The van der Waals surface area contributed by atoms with Gasteiger partial charge in [0.2, 0.25) is 0 Å². The average molecular weight is 254 g/mol. The second-order valence-corrected chi connectivity index (χ2v) is 4.41. The topological polar surface area (TPSA) is 56.3 Å². The summed E-state index contributed by atoms with van der Waals surface area (Å²) in [7, 11) is 1.73. The third-order valence-electron chi connectivity index (χ3n) is 3.14. The first kappa shape index (κ1) is 15.1. The Hall–Kier alpha value is -0.910. The summed E-state index contributed by atoms with van der Waals surface area (Å²) in [6.07, 6.45) is 5.13. The lowest BCUT2D eigenvalue weighted by molar-refractivity contribution is 0.125. The van der Waals surface area contributed by atoms with E-state index >= 15 is 0 Å². The fraction of sp³-hybridized carbons (Fsp3) is 0.769. The van der Waals surface area contributed by atoms with Gasteiger partial charge >= 0.3 is 0 Å². The zero-order valence-corrected chi connectivity index (χ0v) is 11.8. The molecule has 0 spiro atoms. The zero-order chi connectivity index (χ0) is 13.4. The molecule has 0 fully saturated rings. The largest absolute Gasteiger partial charge is 0.383 e. The molecule has 1 aromatic heterocycles. The maximum atomic E-state index is 5.92. The van der Waals surface area contributed by atoms with Gasteiger partial charge < -0.3 is 10.5 Å². The molecule has 5 heteroatoms. The van der Waals surface area contributed by atoms with E-state index in [2.05, 4.69) is 30.0 Å². The smallest absolute Gasteiger partial charge is 0.0589 e. The number of likely N-dealkylation sites (N-methyl/N-ethyl adjacent to an activating group) is 1. The Morgan fingerprint density at radius 1 is 1.50 bits per heavy atom. The monoisotopic (exact) mass is 254 g/mol. The molecule has 0 aromatic carbocycles. The summed E-state index contributed by atoms with van der Waals surface area (Å²) in [6.45, 7) is 8.45. The summed E-state index contributed by atoms with van der Waals surface area (Å²) in [6, 6.07) is 0.232. The van der Waals surface area contributed by atoms with Crippen molar-refractivity contribution in [3.05, 3.63) is 18.0 Å². The molecule has 1 rings (SSSR count). The van der Waals surface area contributed by atoms with E-state index in [9.17, 15) is 0 Å². The third-order valence-corrected chi connectivity index (χ3v) is 3.14. The van der Waals surface area contributed by atoms with E-state index in [1.54, 1.807) is 7.11 Å². The van der Waals surface area contributed by atoms with Crippen LogP contribution in [0.1, 0.15) is 31.9 Å². The summed E-state index contributed by atoms with van der Waals surface area (Å²) in [5.74, 6) is 0. The van der Waals surface area contributed by atoms with Gasteiger partial charge in [0, 0.05) is 38.5 Å². The minimum absolute atomic E-state index is 0.232. The average Bonchev–Trinajstić information content (AvgIpc) is 2.83. The van der Waals surface area contributed by atoms with E-state index in [0.29, 0.717) is 6.54 Å². The standard InChI is InChI=1S/C13H26N4O/c1-4-6-17-11-12(10-15-17)13(9-14)16(5-2)7-8-18-3/h10-11,13H,4-9,14H2,1-3H3. The van der Waals surface area contributed by atoms with Crippen molar-refractivity contribution >= 4 is 0 Å². The Balaban J connectivity index is 2.72. The van der Waals surface area contributed by atoms with Gasteiger partial charge in [-0.2, -0.15) is 5.10 Å². The van der Waals surface area contributed by atoms with Crippen LogP contribution in [0.3, 0.4) is 0 Å². The highest BCUT2D eigenvalue weighted by molar-refractivity contribution is 5.11. The van der Waals surface area contributed by atoms with E-state index in [1.807, 2.05) is 10.9 Å². The van der Waals surface area contributed by atoms with E-state index in [4.69, 9.17) is 10.5 Å². The molecule has 1 aromatic rings. The Morgan fingerprint density at radius 2 is 2.28 bits per heavy atom. The molecule has 0 bridgehead atoms. The number of methoxy groups -OCH3 is 1. The van der Waals surface area contributed by atoms with Gasteiger partial charge in [0.15, 0.2) is 0 Å². The predicted molar refractivity (Wildman–Crippen MR) is 73.4 cm³/mol. The second kappa shape index (κ2) is 8.24. The van der Waals surface area contributed by atoms with Gasteiger partial charge in [0.25, 0.3) is 0 Å². The summed E-state index contributed by atoms with van der Waals surface area (Å²) in [5, 5.41) is 4.37. The molecule has 0 saturated carbocycles. The highest BCUT2D eigenvalue weighted by Gasteiger charge is 2.18. The van der Waals surface area contributed by atoms with Crippen LogP contribution >= 0.6 is 0 Å². The van der Waals surface area contributed by atoms with Crippen molar-refractivity contribution in [1.82, 2.24) is 14.7 Å². The molecule has 0 aliphatic heterocycles. The van der Waals surface area contributed by atoms with E-state index in [1.165, 1.54) is 5.56 Å². The third kappa shape index (κ3) is 4.08. The zero-order valence-electron chi connectivity index (χ0n) is 11.8. The Bertz CT molecular complexity index is 327. The fourth-order valence-electron chi connectivity index (χ4n) is 2.14. The molecule has 0 aliphatic carbocycles.